The van der Waals surface area contributed by atoms with Crippen molar-refractivity contribution in [1.29, 1.82) is 0 Å². The van der Waals surface area contributed by atoms with Crippen LogP contribution in [0, 0.1) is 17.8 Å². The quantitative estimate of drug-likeness (QED) is 0.567. The van der Waals surface area contributed by atoms with Gasteiger partial charge in [0.25, 0.3) is 0 Å². The van der Waals surface area contributed by atoms with Crippen LogP contribution >= 0.6 is 0 Å². The summed E-state index contributed by atoms with van der Waals surface area (Å²) in [5, 5.41) is 0. The number of nitrogen functional groups attached to an aromatic ring is 1. The van der Waals surface area contributed by atoms with Crippen molar-refractivity contribution < 1.29 is 13.9 Å². The Morgan fingerprint density at radius 2 is 2.19 bits per heavy atom. The van der Waals surface area contributed by atoms with Crippen molar-refractivity contribution in [2.24, 2.45) is 17.8 Å². The molecule has 0 amide bonds. The predicted octanol–water partition coefficient (Wildman–Crippen LogP) is 5.30. The highest BCUT2D eigenvalue weighted by Crippen LogP contribution is 2.42. The number of nitrogens with two attached hydrogens (primary N) is 1. The number of ketones is 1. The summed E-state index contributed by atoms with van der Waals surface area (Å²) in [7, 11) is 0. The minimum Gasteiger partial charge on any atom is -0.456 e. The van der Waals surface area contributed by atoms with Crippen molar-refractivity contribution in [3.63, 3.8) is 0 Å². The number of benzene rings is 1. The number of carbonyl (C=O) groups excluding carboxylic acids is 1. The Hall–Kier alpha value is -2.62. The zero-order chi connectivity index (χ0) is 19.6. The maximum Gasteiger partial charge on any atom is 0.150 e. The van der Waals surface area contributed by atoms with Gasteiger partial charge in [-0.05, 0) is 67.0 Å². The number of carbonyl (C=O) groups is 1. The molecule has 142 valence electrons. The first-order valence-corrected chi connectivity index (χ1v) is 9.35. The fourth-order valence-corrected chi connectivity index (χ4v) is 3.88. The number of fused-ring (bicyclic) bond motifs is 1. The van der Waals surface area contributed by atoms with E-state index in [9.17, 15) is 9.18 Å². The molecule has 0 saturated heterocycles. The lowest BCUT2D eigenvalue weighted by atomic mass is 9.76. The molecule has 0 heterocycles. The van der Waals surface area contributed by atoms with Gasteiger partial charge in [0, 0.05) is 12.3 Å². The number of rotatable bonds is 5. The van der Waals surface area contributed by atoms with Crippen LogP contribution in [-0.2, 0) is 11.2 Å². The molecule has 0 fully saturated rings. The first-order valence-electron chi connectivity index (χ1n) is 9.35. The number of halogens is 1. The van der Waals surface area contributed by atoms with Crippen LogP contribution in [0.1, 0.15) is 32.3 Å². The third-order valence-electron chi connectivity index (χ3n) is 5.32. The summed E-state index contributed by atoms with van der Waals surface area (Å²) < 4.78 is 19.8. The van der Waals surface area contributed by atoms with Crippen molar-refractivity contribution in [3.05, 3.63) is 71.8 Å². The number of allylic oxidation sites excluding steroid dienone is 6. The maximum absolute atomic E-state index is 13.8. The Labute approximate surface area is 160 Å². The SMILES string of the molecule is C=C(Oc1cc(CC(C)=O)ccc1N)C1=CCCC(C)C2C=C(F)C=CC12. The first-order chi connectivity index (χ1) is 12.8. The molecule has 3 rings (SSSR count). The minimum absolute atomic E-state index is 0.0381. The molecule has 0 saturated carbocycles. The van der Waals surface area contributed by atoms with Crippen LogP contribution in [0.3, 0.4) is 0 Å². The third-order valence-corrected chi connectivity index (χ3v) is 5.32. The lowest BCUT2D eigenvalue weighted by Gasteiger charge is -2.30. The number of Topliss-reactive ketones (excluding diaryl/α,β-unsaturated/α-hetero) is 1. The topological polar surface area (TPSA) is 52.3 Å². The van der Waals surface area contributed by atoms with E-state index < -0.39 is 0 Å². The van der Waals surface area contributed by atoms with Crippen molar-refractivity contribution in [2.45, 2.75) is 33.1 Å². The molecular weight excluding hydrogens is 341 g/mol. The molecule has 27 heavy (non-hydrogen) atoms. The highest BCUT2D eigenvalue weighted by molar-refractivity contribution is 5.78. The van der Waals surface area contributed by atoms with Crippen molar-refractivity contribution in [1.82, 2.24) is 0 Å². The van der Waals surface area contributed by atoms with E-state index in [0.717, 1.165) is 24.0 Å². The Morgan fingerprint density at radius 1 is 1.41 bits per heavy atom. The van der Waals surface area contributed by atoms with Crippen molar-refractivity contribution >= 4 is 11.5 Å². The van der Waals surface area contributed by atoms with Gasteiger partial charge in [-0.3, -0.25) is 4.79 Å². The second-order valence-electron chi connectivity index (χ2n) is 7.50. The Morgan fingerprint density at radius 3 is 2.93 bits per heavy atom. The molecule has 3 nitrogen and oxygen atoms in total. The van der Waals surface area contributed by atoms with E-state index in [-0.39, 0.29) is 23.4 Å². The summed E-state index contributed by atoms with van der Waals surface area (Å²) in [4.78, 5) is 11.4. The molecule has 0 bridgehead atoms. The molecule has 0 aliphatic heterocycles. The largest absolute Gasteiger partial charge is 0.456 e. The van der Waals surface area contributed by atoms with Crippen LogP contribution in [0.15, 0.2) is 66.2 Å². The molecule has 1 aromatic carbocycles. The third kappa shape index (κ3) is 4.38. The average Bonchev–Trinajstić information content (AvgIpc) is 2.76. The van der Waals surface area contributed by atoms with Gasteiger partial charge in [-0.2, -0.15) is 0 Å². The molecule has 0 radical (unpaired) electrons. The van der Waals surface area contributed by atoms with Gasteiger partial charge in [-0.15, -0.1) is 0 Å². The summed E-state index contributed by atoms with van der Waals surface area (Å²) in [5.41, 5.74) is 8.37. The van der Waals surface area contributed by atoms with Crippen LogP contribution in [0.2, 0.25) is 0 Å². The standard InChI is InChI=1S/C23H26FNO2/c1-14-5-4-6-19(20-9-8-18(24)13-21(14)20)16(3)27-23-12-17(11-15(2)26)7-10-22(23)25/h6-10,12-14,20-21H,3-5,11,25H2,1-2H3. The second-order valence-corrected chi connectivity index (χ2v) is 7.50. The van der Waals surface area contributed by atoms with Gasteiger partial charge in [0.15, 0.2) is 5.75 Å². The van der Waals surface area contributed by atoms with E-state index in [4.69, 9.17) is 10.5 Å². The molecule has 1 aromatic rings. The zero-order valence-electron chi connectivity index (χ0n) is 15.9. The summed E-state index contributed by atoms with van der Waals surface area (Å²) in [6.45, 7) is 7.83. The van der Waals surface area contributed by atoms with Crippen LogP contribution in [0.25, 0.3) is 0 Å². The van der Waals surface area contributed by atoms with E-state index in [0.29, 0.717) is 29.5 Å². The zero-order valence-corrected chi connectivity index (χ0v) is 15.9. The lowest BCUT2D eigenvalue weighted by molar-refractivity contribution is -0.116. The monoisotopic (exact) mass is 367 g/mol. The minimum atomic E-state index is -0.183. The summed E-state index contributed by atoms with van der Waals surface area (Å²) in [6, 6.07) is 5.36. The Kier molecular flexibility index (Phi) is 5.64. The number of ether oxygens (including phenoxy) is 1. The molecule has 3 unspecified atom stereocenters. The van der Waals surface area contributed by atoms with E-state index in [1.807, 2.05) is 12.1 Å². The number of hydrogen-bond donors (Lipinski definition) is 1. The van der Waals surface area contributed by atoms with Crippen molar-refractivity contribution in [3.8, 4) is 5.75 Å². The van der Waals surface area contributed by atoms with Gasteiger partial charge >= 0.3 is 0 Å². The Bertz CT molecular complexity index is 850. The average molecular weight is 367 g/mol. The molecule has 2 N–H and O–H groups in total. The van der Waals surface area contributed by atoms with Crippen molar-refractivity contribution in [2.75, 3.05) is 5.73 Å². The smallest absolute Gasteiger partial charge is 0.150 e. The number of hydrogen-bond acceptors (Lipinski definition) is 3. The molecule has 0 spiro atoms. The number of anilines is 1. The normalized spacial score (nSPS) is 24.3. The van der Waals surface area contributed by atoms with Crippen LogP contribution in [-0.4, -0.2) is 5.78 Å². The summed E-state index contributed by atoms with van der Waals surface area (Å²) in [6.07, 6.45) is 9.49. The highest BCUT2D eigenvalue weighted by atomic mass is 19.1. The van der Waals surface area contributed by atoms with E-state index in [1.54, 1.807) is 25.1 Å². The van der Waals surface area contributed by atoms with E-state index in [2.05, 4.69) is 19.6 Å². The molecular formula is C23H26FNO2. The van der Waals surface area contributed by atoms with E-state index in [1.165, 1.54) is 6.08 Å². The van der Waals surface area contributed by atoms with Crippen LogP contribution in [0.4, 0.5) is 10.1 Å². The Balaban J connectivity index is 1.84. The summed E-state index contributed by atoms with van der Waals surface area (Å²) in [5.74, 6) is 1.41. The van der Waals surface area contributed by atoms with Gasteiger partial charge in [0.2, 0.25) is 0 Å². The van der Waals surface area contributed by atoms with Gasteiger partial charge in [0.05, 0.1) is 5.69 Å². The molecule has 4 heteroatoms. The van der Waals surface area contributed by atoms with Gasteiger partial charge in [-0.25, -0.2) is 4.39 Å². The van der Waals surface area contributed by atoms with Crippen LogP contribution < -0.4 is 10.5 Å². The molecule has 0 aromatic heterocycles. The van der Waals surface area contributed by atoms with Gasteiger partial charge in [0.1, 0.15) is 17.4 Å². The summed E-state index contributed by atoms with van der Waals surface area (Å²) >= 11 is 0. The highest BCUT2D eigenvalue weighted by Gasteiger charge is 2.32. The fraction of sp³-hybridized carbons (Fsp3) is 0.348. The predicted molar refractivity (Wildman–Crippen MR) is 107 cm³/mol. The van der Waals surface area contributed by atoms with E-state index >= 15 is 0 Å². The first kappa shape index (κ1) is 19.2. The fourth-order valence-electron chi connectivity index (χ4n) is 3.88. The lowest BCUT2D eigenvalue weighted by Crippen LogP contribution is -2.22. The van der Waals surface area contributed by atoms with Gasteiger partial charge < -0.3 is 10.5 Å². The van der Waals surface area contributed by atoms with Gasteiger partial charge in [-0.1, -0.05) is 31.7 Å². The molecule has 2 aliphatic rings. The second kappa shape index (κ2) is 7.95. The molecule has 3 atom stereocenters. The van der Waals surface area contributed by atoms with Crippen LogP contribution in [0.5, 0.6) is 5.75 Å². The molecule has 2 aliphatic carbocycles. The maximum atomic E-state index is 13.8.